The Hall–Kier alpha value is -0.233. The van der Waals surface area contributed by atoms with E-state index in [0.717, 1.165) is 12.8 Å². The van der Waals surface area contributed by atoms with Crippen LogP contribution in [0.5, 0.6) is 0 Å². The molecule has 0 saturated carbocycles. The summed E-state index contributed by atoms with van der Waals surface area (Å²) in [7, 11) is -2.58. The van der Waals surface area contributed by atoms with E-state index in [4.69, 9.17) is 8.85 Å². The normalized spacial score (nSPS) is 25.9. The van der Waals surface area contributed by atoms with E-state index in [1.807, 2.05) is 13.8 Å². The molecule has 0 aromatic rings. The SMILES string of the molecule is CC[C@@H]1C[C@H](CC(=O)C[C@H](O)C(C)C)O[Si](C(C)(C)C)(C(C)(C)C)O1. The van der Waals surface area contributed by atoms with Gasteiger partial charge in [-0.3, -0.25) is 4.79 Å². The molecule has 148 valence electrons. The molecule has 5 heteroatoms. The molecule has 1 aliphatic rings. The molecule has 4 nitrogen and oxygen atoms in total. The Balaban J connectivity index is 3.00. The Bertz CT molecular complexity index is 434. The van der Waals surface area contributed by atoms with Crippen LogP contribution in [0, 0.1) is 5.92 Å². The van der Waals surface area contributed by atoms with Gasteiger partial charge in [0.25, 0.3) is 0 Å². The molecule has 0 spiro atoms. The van der Waals surface area contributed by atoms with Gasteiger partial charge in [0.2, 0.25) is 0 Å². The summed E-state index contributed by atoms with van der Waals surface area (Å²) in [6.07, 6.45) is 1.77. The van der Waals surface area contributed by atoms with E-state index in [1.54, 1.807) is 0 Å². The van der Waals surface area contributed by atoms with Gasteiger partial charge in [-0.15, -0.1) is 0 Å². The van der Waals surface area contributed by atoms with Crippen molar-refractivity contribution in [3.63, 3.8) is 0 Å². The smallest absolute Gasteiger partial charge is 0.349 e. The zero-order valence-electron chi connectivity index (χ0n) is 17.8. The van der Waals surface area contributed by atoms with Crippen LogP contribution in [0.25, 0.3) is 0 Å². The third kappa shape index (κ3) is 5.38. The maximum atomic E-state index is 12.5. The molecule has 0 aromatic heterocycles. The minimum Gasteiger partial charge on any atom is -0.392 e. The van der Waals surface area contributed by atoms with Crippen molar-refractivity contribution in [2.24, 2.45) is 5.92 Å². The maximum Gasteiger partial charge on any atom is 0.349 e. The first kappa shape index (κ1) is 22.8. The predicted octanol–water partition coefficient (Wildman–Crippen LogP) is 4.98. The van der Waals surface area contributed by atoms with Gasteiger partial charge in [0, 0.05) is 29.0 Å². The van der Waals surface area contributed by atoms with E-state index in [0.29, 0.717) is 6.42 Å². The van der Waals surface area contributed by atoms with Gasteiger partial charge in [-0.05, 0) is 18.8 Å². The summed E-state index contributed by atoms with van der Waals surface area (Å²) in [5.41, 5.74) is 0. The van der Waals surface area contributed by atoms with E-state index in [-0.39, 0.29) is 40.4 Å². The van der Waals surface area contributed by atoms with E-state index >= 15 is 0 Å². The Morgan fingerprint density at radius 3 is 1.96 bits per heavy atom. The number of aliphatic hydroxyl groups excluding tert-OH is 1. The first-order valence-corrected chi connectivity index (χ1v) is 11.6. The summed E-state index contributed by atoms with van der Waals surface area (Å²) in [6.45, 7) is 19.2. The van der Waals surface area contributed by atoms with E-state index in [1.165, 1.54) is 0 Å². The van der Waals surface area contributed by atoms with Crippen LogP contribution >= 0.6 is 0 Å². The third-order valence-corrected chi connectivity index (χ3v) is 10.6. The quantitative estimate of drug-likeness (QED) is 0.668. The molecule has 1 rings (SSSR count). The number of hydrogen-bond acceptors (Lipinski definition) is 4. The van der Waals surface area contributed by atoms with Crippen molar-refractivity contribution >= 4 is 14.3 Å². The summed E-state index contributed by atoms with van der Waals surface area (Å²) in [6, 6.07) is 0. The molecular formula is C20H40O4Si. The summed E-state index contributed by atoms with van der Waals surface area (Å²) >= 11 is 0. The van der Waals surface area contributed by atoms with Crippen molar-refractivity contribution in [1.82, 2.24) is 0 Å². The minimum atomic E-state index is -2.58. The molecule has 1 heterocycles. The van der Waals surface area contributed by atoms with Crippen LogP contribution in [-0.4, -0.2) is 37.8 Å². The van der Waals surface area contributed by atoms with Crippen LogP contribution < -0.4 is 0 Å². The topological polar surface area (TPSA) is 55.8 Å². The number of Topliss-reactive ketones (excluding diaryl/α,β-unsaturated/α-hetero) is 1. The number of carbonyl (C=O) groups excluding carboxylic acids is 1. The predicted molar refractivity (Wildman–Crippen MR) is 105 cm³/mol. The molecule has 1 aliphatic heterocycles. The average Bonchev–Trinajstić information content (AvgIpc) is 2.43. The van der Waals surface area contributed by atoms with Crippen molar-refractivity contribution in [3.05, 3.63) is 0 Å². The number of carbonyl (C=O) groups is 1. The highest BCUT2D eigenvalue weighted by Crippen LogP contribution is 2.55. The average molecular weight is 373 g/mol. The van der Waals surface area contributed by atoms with Crippen LogP contribution in [-0.2, 0) is 13.6 Å². The summed E-state index contributed by atoms with van der Waals surface area (Å²) in [5.74, 6) is 0.189. The highest BCUT2D eigenvalue weighted by molar-refractivity contribution is 6.73. The van der Waals surface area contributed by atoms with Gasteiger partial charge in [-0.1, -0.05) is 62.3 Å². The van der Waals surface area contributed by atoms with Gasteiger partial charge in [-0.25, -0.2) is 0 Å². The van der Waals surface area contributed by atoms with Gasteiger partial charge in [-0.2, -0.15) is 0 Å². The molecule has 0 radical (unpaired) electrons. The Morgan fingerprint density at radius 1 is 1.08 bits per heavy atom. The second-order valence-corrected chi connectivity index (χ2v) is 14.7. The second-order valence-electron chi connectivity index (χ2n) is 10.00. The van der Waals surface area contributed by atoms with Gasteiger partial charge in [0.1, 0.15) is 5.78 Å². The molecular weight excluding hydrogens is 332 g/mol. The molecule has 1 fully saturated rings. The molecule has 0 bridgehead atoms. The molecule has 3 atom stereocenters. The lowest BCUT2D eigenvalue weighted by Gasteiger charge is -2.55. The lowest BCUT2D eigenvalue weighted by atomic mass is 9.97. The van der Waals surface area contributed by atoms with Crippen LogP contribution in [0.15, 0.2) is 0 Å². The molecule has 0 aliphatic carbocycles. The van der Waals surface area contributed by atoms with Gasteiger partial charge >= 0.3 is 8.56 Å². The molecule has 1 saturated heterocycles. The van der Waals surface area contributed by atoms with E-state index in [9.17, 15) is 9.90 Å². The second kappa shape index (κ2) is 8.20. The van der Waals surface area contributed by atoms with Crippen LogP contribution in [0.4, 0.5) is 0 Å². The number of hydrogen-bond donors (Lipinski definition) is 1. The first-order valence-electron chi connectivity index (χ1n) is 9.79. The highest BCUT2D eigenvalue weighted by atomic mass is 28.4. The Morgan fingerprint density at radius 2 is 1.56 bits per heavy atom. The summed E-state index contributed by atoms with van der Waals surface area (Å²) in [4.78, 5) is 12.5. The lowest BCUT2D eigenvalue weighted by Crippen LogP contribution is -2.63. The van der Waals surface area contributed by atoms with Gasteiger partial charge in [0.15, 0.2) is 0 Å². The van der Waals surface area contributed by atoms with Crippen molar-refractivity contribution in [2.45, 2.75) is 116 Å². The minimum absolute atomic E-state index is 0.0855. The van der Waals surface area contributed by atoms with Crippen LogP contribution in [0.2, 0.25) is 10.1 Å². The van der Waals surface area contributed by atoms with Crippen LogP contribution in [0.3, 0.4) is 0 Å². The lowest BCUT2D eigenvalue weighted by molar-refractivity contribution is -0.125. The fourth-order valence-corrected chi connectivity index (χ4v) is 9.00. The molecule has 0 aromatic carbocycles. The number of aliphatic hydroxyl groups is 1. The highest BCUT2D eigenvalue weighted by Gasteiger charge is 2.61. The third-order valence-electron chi connectivity index (χ3n) is 5.28. The molecule has 1 N–H and O–H groups in total. The molecule has 0 unspecified atom stereocenters. The van der Waals surface area contributed by atoms with Gasteiger partial charge < -0.3 is 14.0 Å². The first-order chi connectivity index (χ1) is 11.2. The maximum absolute atomic E-state index is 12.5. The van der Waals surface area contributed by atoms with E-state index < -0.39 is 14.7 Å². The summed E-state index contributed by atoms with van der Waals surface area (Å²) in [5, 5.41) is 9.84. The monoisotopic (exact) mass is 372 g/mol. The van der Waals surface area contributed by atoms with Crippen molar-refractivity contribution in [1.29, 1.82) is 0 Å². The molecule has 0 amide bonds. The van der Waals surface area contributed by atoms with Crippen LogP contribution in [0.1, 0.15) is 88.0 Å². The number of rotatable bonds is 6. The molecule has 25 heavy (non-hydrogen) atoms. The number of ketones is 1. The largest absolute Gasteiger partial charge is 0.392 e. The fraction of sp³-hybridized carbons (Fsp3) is 0.950. The Labute approximate surface area is 155 Å². The zero-order valence-corrected chi connectivity index (χ0v) is 18.8. The zero-order chi connectivity index (χ0) is 19.6. The van der Waals surface area contributed by atoms with Crippen molar-refractivity contribution < 1.29 is 18.8 Å². The van der Waals surface area contributed by atoms with Gasteiger partial charge in [0.05, 0.1) is 12.2 Å². The van der Waals surface area contributed by atoms with Crippen molar-refractivity contribution in [3.8, 4) is 0 Å². The standard InChI is InChI=1S/C20H40O4Si/c1-10-16-13-17(11-15(21)12-18(22)14(2)3)24-25(23-16,19(4,5)6)20(7,8)9/h14,16-18,22H,10-13H2,1-9H3/t16-,17+,18+/m1/s1. The summed E-state index contributed by atoms with van der Waals surface area (Å²) < 4.78 is 13.3. The fourth-order valence-electron chi connectivity index (χ4n) is 3.90. The van der Waals surface area contributed by atoms with Crippen molar-refractivity contribution in [2.75, 3.05) is 0 Å². The Kier molecular flexibility index (Phi) is 7.48. The van der Waals surface area contributed by atoms with E-state index in [2.05, 4.69) is 48.5 Å².